The van der Waals surface area contributed by atoms with Crippen molar-refractivity contribution < 1.29 is 48.9 Å². The first kappa shape index (κ1) is 18.9. The normalized spacial score (nSPS) is 10.4. The van der Waals surface area contributed by atoms with Gasteiger partial charge in [0.15, 0.2) is 0 Å². The molecule has 0 radical (unpaired) electrons. The van der Waals surface area contributed by atoms with E-state index in [9.17, 15) is 9.90 Å². The number of aliphatic carboxylic acids is 1. The zero-order valence-corrected chi connectivity index (χ0v) is 15.9. The van der Waals surface area contributed by atoms with Crippen LogP contribution >= 0.6 is 0 Å². The molecule has 0 saturated carbocycles. The maximum Gasteiger partial charge on any atom is 1.00 e. The largest absolute Gasteiger partial charge is 1.00 e. The molecular formula is C16H20NNaO4. The van der Waals surface area contributed by atoms with E-state index in [0.717, 1.165) is 33.7 Å². The minimum absolute atomic E-state index is 0. The first-order chi connectivity index (χ1) is 9.99. The molecule has 114 valence electrons. The molecule has 0 atom stereocenters. The van der Waals surface area contributed by atoms with E-state index in [4.69, 9.17) is 9.47 Å². The van der Waals surface area contributed by atoms with Crippen LogP contribution in [0.25, 0.3) is 10.9 Å². The molecule has 1 aromatic carbocycles. The summed E-state index contributed by atoms with van der Waals surface area (Å²) in [5, 5.41) is 11.6. The van der Waals surface area contributed by atoms with Crippen molar-refractivity contribution in [3.8, 4) is 11.5 Å². The first-order valence-electron chi connectivity index (χ1n) is 6.90. The van der Waals surface area contributed by atoms with Gasteiger partial charge in [-0.05, 0) is 32.8 Å². The van der Waals surface area contributed by atoms with Crippen molar-refractivity contribution in [2.24, 2.45) is 0 Å². The van der Waals surface area contributed by atoms with Gasteiger partial charge in [-0.1, -0.05) is 0 Å². The fourth-order valence-corrected chi connectivity index (χ4v) is 2.73. The number of carboxylic acids is 1. The van der Waals surface area contributed by atoms with Crippen LogP contribution < -0.4 is 44.1 Å². The second-order valence-electron chi connectivity index (χ2n) is 5.08. The molecule has 2 rings (SSSR count). The zero-order chi connectivity index (χ0) is 15.6. The predicted molar refractivity (Wildman–Crippen MR) is 78.8 cm³/mol. The van der Waals surface area contributed by atoms with Gasteiger partial charge in [-0.2, -0.15) is 0 Å². The summed E-state index contributed by atoms with van der Waals surface area (Å²) in [5.41, 5.74) is 3.01. The minimum Gasteiger partial charge on any atom is -0.550 e. The zero-order valence-electron chi connectivity index (χ0n) is 13.9. The molecule has 0 amide bonds. The second-order valence-corrected chi connectivity index (χ2v) is 5.08. The van der Waals surface area contributed by atoms with Gasteiger partial charge < -0.3 is 23.9 Å². The third-order valence-corrected chi connectivity index (χ3v) is 3.76. The van der Waals surface area contributed by atoms with Crippen LogP contribution in [-0.4, -0.2) is 24.8 Å². The van der Waals surface area contributed by atoms with Crippen molar-refractivity contribution in [2.75, 3.05) is 14.2 Å². The summed E-state index contributed by atoms with van der Waals surface area (Å²) < 4.78 is 13.0. The molecule has 0 aliphatic heterocycles. The van der Waals surface area contributed by atoms with E-state index in [1.807, 2.05) is 19.9 Å². The molecule has 0 N–H and O–H groups in total. The molecule has 0 aliphatic carbocycles. The van der Waals surface area contributed by atoms with E-state index in [2.05, 4.69) is 10.6 Å². The van der Waals surface area contributed by atoms with E-state index in [1.54, 1.807) is 14.2 Å². The number of methoxy groups -OCH3 is 2. The van der Waals surface area contributed by atoms with Crippen LogP contribution in [0.2, 0.25) is 0 Å². The summed E-state index contributed by atoms with van der Waals surface area (Å²) in [4.78, 5) is 10.6. The van der Waals surface area contributed by atoms with Crippen LogP contribution in [0.15, 0.2) is 12.1 Å². The number of carbonyl (C=O) groups is 1. The van der Waals surface area contributed by atoms with Crippen molar-refractivity contribution in [2.45, 2.75) is 33.2 Å². The topological polar surface area (TPSA) is 63.5 Å². The molecule has 2 aromatic rings. The van der Waals surface area contributed by atoms with Gasteiger partial charge >= 0.3 is 29.6 Å². The van der Waals surface area contributed by atoms with Crippen LogP contribution in [0.4, 0.5) is 0 Å². The SMILES string of the molecule is COc1cc2c(cc(C)n2CCCC(=O)[O-])c(OC)c1C.[Na+]. The third-order valence-electron chi connectivity index (χ3n) is 3.76. The average Bonchev–Trinajstić information content (AvgIpc) is 2.74. The number of fused-ring (bicyclic) bond motifs is 1. The van der Waals surface area contributed by atoms with Crippen molar-refractivity contribution in [1.29, 1.82) is 0 Å². The molecule has 6 heteroatoms. The number of hydrogen-bond donors (Lipinski definition) is 0. The molecule has 0 unspecified atom stereocenters. The first-order valence-corrected chi connectivity index (χ1v) is 6.90. The Hall–Kier alpha value is -1.17. The molecule has 0 bridgehead atoms. The van der Waals surface area contributed by atoms with Crippen LogP contribution in [0.3, 0.4) is 0 Å². The number of carbonyl (C=O) groups excluding carboxylic acids is 1. The Balaban J connectivity index is 0.00000242. The maximum atomic E-state index is 10.6. The summed E-state index contributed by atoms with van der Waals surface area (Å²) in [5.74, 6) is 0.542. The van der Waals surface area contributed by atoms with Crippen LogP contribution in [0, 0.1) is 13.8 Å². The van der Waals surface area contributed by atoms with Crippen molar-refractivity contribution >= 4 is 16.9 Å². The Morgan fingerprint density at radius 3 is 2.45 bits per heavy atom. The van der Waals surface area contributed by atoms with Gasteiger partial charge in [0, 0.05) is 35.2 Å². The van der Waals surface area contributed by atoms with Crippen molar-refractivity contribution in [3.63, 3.8) is 0 Å². The molecule has 1 aromatic heterocycles. The number of nitrogens with zero attached hydrogens (tertiary/aromatic N) is 1. The Labute approximate surface area is 152 Å². The van der Waals surface area contributed by atoms with Crippen molar-refractivity contribution in [1.82, 2.24) is 4.57 Å². The van der Waals surface area contributed by atoms with E-state index in [-0.39, 0.29) is 36.0 Å². The number of aromatic nitrogens is 1. The van der Waals surface area contributed by atoms with Crippen molar-refractivity contribution in [3.05, 3.63) is 23.4 Å². The molecule has 22 heavy (non-hydrogen) atoms. The van der Waals surface area contributed by atoms with Gasteiger partial charge in [-0.25, -0.2) is 0 Å². The Morgan fingerprint density at radius 2 is 1.91 bits per heavy atom. The maximum absolute atomic E-state index is 10.6. The number of carboxylic acid groups (broad SMARTS) is 1. The Bertz CT molecular complexity index is 679. The molecular weight excluding hydrogens is 293 g/mol. The molecule has 1 heterocycles. The number of benzene rings is 1. The average molecular weight is 313 g/mol. The summed E-state index contributed by atoms with van der Waals surface area (Å²) >= 11 is 0. The monoisotopic (exact) mass is 313 g/mol. The second kappa shape index (κ2) is 7.90. The summed E-state index contributed by atoms with van der Waals surface area (Å²) in [6.07, 6.45) is 0.588. The van der Waals surface area contributed by atoms with Gasteiger partial charge in [0.05, 0.1) is 19.7 Å². The van der Waals surface area contributed by atoms with Crippen LogP contribution in [-0.2, 0) is 11.3 Å². The Morgan fingerprint density at radius 1 is 1.23 bits per heavy atom. The molecule has 0 saturated heterocycles. The summed E-state index contributed by atoms with van der Waals surface area (Å²) in [7, 11) is 3.27. The number of hydrogen-bond acceptors (Lipinski definition) is 4. The third kappa shape index (κ3) is 3.59. The van der Waals surface area contributed by atoms with E-state index < -0.39 is 5.97 Å². The molecule has 5 nitrogen and oxygen atoms in total. The number of rotatable bonds is 6. The fourth-order valence-electron chi connectivity index (χ4n) is 2.73. The smallest absolute Gasteiger partial charge is 0.550 e. The molecule has 0 spiro atoms. The van der Waals surface area contributed by atoms with Gasteiger partial charge in [-0.15, -0.1) is 0 Å². The summed E-state index contributed by atoms with van der Waals surface area (Å²) in [6, 6.07) is 4.03. The van der Waals surface area contributed by atoms with Gasteiger partial charge in [0.25, 0.3) is 0 Å². The fraction of sp³-hybridized carbons (Fsp3) is 0.438. The van der Waals surface area contributed by atoms with E-state index in [1.165, 1.54) is 0 Å². The predicted octanol–water partition coefficient (Wildman–Crippen LogP) is -1.19. The Kier molecular flexibility index (Phi) is 6.78. The minimum atomic E-state index is -1.02. The van der Waals surface area contributed by atoms with Gasteiger partial charge in [-0.3, -0.25) is 0 Å². The van der Waals surface area contributed by atoms with E-state index >= 15 is 0 Å². The van der Waals surface area contributed by atoms with E-state index in [0.29, 0.717) is 13.0 Å². The number of ether oxygens (including phenoxy) is 2. The summed E-state index contributed by atoms with van der Waals surface area (Å²) in [6.45, 7) is 4.58. The van der Waals surface area contributed by atoms with Crippen LogP contribution in [0.1, 0.15) is 24.1 Å². The van der Waals surface area contributed by atoms with Crippen LogP contribution in [0.5, 0.6) is 11.5 Å². The quantitative estimate of drug-likeness (QED) is 0.629. The number of aryl methyl sites for hydroxylation is 2. The molecule has 0 aliphatic rings. The van der Waals surface area contributed by atoms with Gasteiger partial charge in [0.1, 0.15) is 11.5 Å². The standard InChI is InChI=1S/C16H21NO4.Na/c1-10-8-12-13(17(10)7-5-6-15(18)19)9-14(20-3)11(2)16(12)21-4;/h8-9H,5-7H2,1-4H3,(H,18,19);/q;+1/p-1. The molecule has 0 fully saturated rings. The van der Waals surface area contributed by atoms with Gasteiger partial charge in [0.2, 0.25) is 0 Å².